The minimum absolute atomic E-state index is 0.000923. The first-order chi connectivity index (χ1) is 28.3. The van der Waals surface area contributed by atoms with Gasteiger partial charge in [0.1, 0.15) is 54.4 Å². The van der Waals surface area contributed by atoms with E-state index in [-0.39, 0.29) is 6.42 Å². The number of nitrogens with one attached hydrogen (secondary N) is 9. The lowest BCUT2D eigenvalue weighted by Crippen LogP contribution is -2.62. The maximum atomic E-state index is 13.0. The second kappa shape index (κ2) is 28.7. The molecule has 28 heteroatoms. The highest BCUT2D eigenvalue weighted by molar-refractivity contribution is 5.98. The van der Waals surface area contributed by atoms with Gasteiger partial charge in [-0.05, 0) is 33.2 Å². The molecular weight excluding hydrogens is 810 g/mol. The summed E-state index contributed by atoms with van der Waals surface area (Å²) in [6, 6.07) is -14.8. The Morgan fingerprint density at radius 1 is 0.483 bits per heavy atom. The third kappa shape index (κ3) is 19.0. The number of primary amides is 1. The minimum Gasteiger partial charge on any atom is -0.550 e. The van der Waals surface area contributed by atoms with E-state index in [1.807, 2.05) is 16.0 Å². The number of unbranched alkanes of at least 4 members (excludes halogenated alkanes) is 1. The molecule has 60 heavy (non-hydrogen) atoms. The molecule has 0 radical (unpaired) electrons. The van der Waals surface area contributed by atoms with Gasteiger partial charge in [0, 0.05) is 12.4 Å². The van der Waals surface area contributed by atoms with E-state index in [9.17, 15) is 83.7 Å². The molecule has 0 saturated carbocycles. The zero-order valence-corrected chi connectivity index (χ0v) is 32.9. The van der Waals surface area contributed by atoms with Crippen LogP contribution in [0, 0.1) is 0 Å². The Morgan fingerprint density at radius 3 is 1.17 bits per heavy atom. The van der Waals surface area contributed by atoms with Crippen LogP contribution >= 0.6 is 0 Å². The normalized spacial score (nSPS) is 15.4. The van der Waals surface area contributed by atoms with Crippen molar-refractivity contribution in [1.82, 2.24) is 47.9 Å². The van der Waals surface area contributed by atoms with E-state index in [0.717, 1.165) is 6.92 Å². The molecule has 5 unspecified atom stereocenters. The summed E-state index contributed by atoms with van der Waals surface area (Å²) in [6.45, 7) is -4.43. The highest BCUT2D eigenvalue weighted by atomic mass is 16.4. The number of quaternary nitrogens is 1. The Kier molecular flexibility index (Phi) is 26.1. The van der Waals surface area contributed by atoms with Crippen LogP contribution in [0.1, 0.15) is 32.6 Å². The zero-order valence-electron chi connectivity index (χ0n) is 32.9. The molecular formula is C32H57N11O17. The lowest BCUT2D eigenvalue weighted by Gasteiger charge is -2.26. The summed E-state index contributed by atoms with van der Waals surface area (Å²) in [7, 11) is 1.29. The third-order valence-corrected chi connectivity index (χ3v) is 8.33. The summed E-state index contributed by atoms with van der Waals surface area (Å²) < 4.78 is 0. The van der Waals surface area contributed by atoms with Crippen LogP contribution in [0.3, 0.4) is 0 Å². The van der Waals surface area contributed by atoms with Crippen LogP contribution in [-0.4, -0.2) is 197 Å². The van der Waals surface area contributed by atoms with Crippen LogP contribution in [0.5, 0.6) is 0 Å². The van der Waals surface area contributed by atoms with E-state index in [1.54, 1.807) is 0 Å². The molecule has 0 aromatic rings. The van der Waals surface area contributed by atoms with Crippen molar-refractivity contribution in [3.8, 4) is 0 Å². The topological polar surface area (TPSA) is 477 Å². The predicted molar refractivity (Wildman–Crippen MR) is 197 cm³/mol. The minimum atomic E-state index is -1.87. The number of aliphatic hydroxyl groups excluding tert-OH is 6. The monoisotopic (exact) mass is 867 g/mol. The summed E-state index contributed by atoms with van der Waals surface area (Å²) in [5.41, 5.74) is 8.80. The molecule has 0 heterocycles. The number of hydrogen-bond donors (Lipinski definition) is 17. The molecule has 342 valence electrons. The van der Waals surface area contributed by atoms with E-state index in [4.69, 9.17) is 5.73 Å². The lowest BCUT2D eigenvalue weighted by atomic mass is 10.1. The summed E-state index contributed by atoms with van der Waals surface area (Å²) >= 11 is 0. The van der Waals surface area contributed by atoms with Crippen molar-refractivity contribution in [2.45, 2.75) is 87.0 Å². The van der Waals surface area contributed by atoms with Gasteiger partial charge in [0.05, 0.1) is 46.2 Å². The van der Waals surface area contributed by atoms with Crippen molar-refractivity contribution < 1.29 is 89.4 Å². The van der Waals surface area contributed by atoms with Gasteiger partial charge < -0.3 is 99.9 Å². The molecule has 0 aliphatic heterocycles. The van der Waals surface area contributed by atoms with Gasteiger partial charge in [-0.15, -0.1) is 0 Å². The number of aliphatic hydroxyl groups is 6. The number of amides is 9. The number of carboxylic acid groups (broad SMARTS) is 1. The Labute approximate surface area is 342 Å². The van der Waals surface area contributed by atoms with Crippen molar-refractivity contribution in [3.63, 3.8) is 0 Å². The Bertz CT molecular complexity index is 1490. The summed E-state index contributed by atoms with van der Waals surface area (Å²) in [4.78, 5) is 125. The van der Waals surface area contributed by atoms with Crippen LogP contribution in [0.15, 0.2) is 0 Å². The second-order valence-corrected chi connectivity index (χ2v) is 12.9. The molecule has 0 aliphatic carbocycles. The van der Waals surface area contributed by atoms with Gasteiger partial charge in [-0.1, -0.05) is 0 Å². The van der Waals surface area contributed by atoms with Crippen molar-refractivity contribution in [2.75, 3.05) is 53.2 Å². The molecule has 0 spiro atoms. The van der Waals surface area contributed by atoms with E-state index in [1.165, 1.54) is 7.05 Å². The largest absolute Gasteiger partial charge is 0.550 e. The Morgan fingerprint density at radius 2 is 0.800 bits per heavy atom. The van der Waals surface area contributed by atoms with Crippen LogP contribution in [-0.2, 0) is 47.9 Å². The first kappa shape index (κ1) is 54.4. The van der Waals surface area contributed by atoms with Gasteiger partial charge in [-0.3, -0.25) is 43.2 Å². The fourth-order valence-electron chi connectivity index (χ4n) is 4.77. The highest BCUT2D eigenvalue weighted by Gasteiger charge is 2.33. The van der Waals surface area contributed by atoms with E-state index in [0.29, 0.717) is 19.4 Å². The number of aliphatic carboxylic acids is 1. The molecule has 20 N–H and O–H groups in total. The number of carbonyl (C=O) groups is 10. The van der Waals surface area contributed by atoms with Crippen LogP contribution < -0.4 is 64.4 Å². The van der Waals surface area contributed by atoms with Crippen LogP contribution in [0.4, 0.5) is 0 Å². The maximum Gasteiger partial charge on any atom is 0.245 e. The number of rotatable bonds is 30. The average molecular weight is 868 g/mol. The van der Waals surface area contributed by atoms with Gasteiger partial charge in [-0.2, -0.15) is 0 Å². The van der Waals surface area contributed by atoms with E-state index >= 15 is 0 Å². The number of carbonyl (C=O) groups excluding carboxylic acids is 10. The first-order valence-electron chi connectivity index (χ1n) is 18.3. The molecule has 0 rings (SSSR count). The molecule has 0 aliphatic rings. The fraction of sp³-hybridized carbons (Fsp3) is 0.688. The molecule has 0 aromatic heterocycles. The average Bonchev–Trinajstić information content (AvgIpc) is 3.20. The number of hydrogen-bond acceptors (Lipinski definition) is 18. The van der Waals surface area contributed by atoms with Crippen molar-refractivity contribution in [1.29, 1.82) is 0 Å². The molecule has 0 saturated heterocycles. The Balaban J connectivity index is 5.63. The quantitative estimate of drug-likeness (QED) is 0.0298. The van der Waals surface area contributed by atoms with Crippen LogP contribution in [0.25, 0.3) is 0 Å². The van der Waals surface area contributed by atoms with Gasteiger partial charge >= 0.3 is 0 Å². The van der Waals surface area contributed by atoms with Gasteiger partial charge in [0.15, 0.2) is 0 Å². The smallest absolute Gasteiger partial charge is 0.245 e. The summed E-state index contributed by atoms with van der Waals surface area (Å²) in [5, 5.41) is 88.1. The molecule has 28 nitrogen and oxygen atoms in total. The first-order valence-corrected chi connectivity index (χ1v) is 18.3. The molecule has 9 amide bonds. The van der Waals surface area contributed by atoms with Crippen molar-refractivity contribution in [2.24, 2.45) is 5.73 Å². The van der Waals surface area contributed by atoms with Gasteiger partial charge in [-0.25, -0.2) is 0 Å². The Hall–Kier alpha value is -5.62. The SMILES string of the molecule is CNC(CO)C(=O)N[C@@H](CC(=O)[O-])C(=O)NC(CO)C(=O)N[C@@H](C)C(=O)NC(CO)C(=O)N[C@@H](CO)C(=O)NC(CO)C(=O)N[C@@H](CCCC[NH3+])C(=O)NC(CO)C(N)=O. The van der Waals surface area contributed by atoms with Crippen molar-refractivity contribution >= 4 is 59.1 Å². The number of carboxylic acids is 1. The maximum absolute atomic E-state index is 13.0. The third-order valence-electron chi connectivity index (χ3n) is 8.33. The highest BCUT2D eigenvalue weighted by Crippen LogP contribution is 2.03. The summed E-state index contributed by atoms with van der Waals surface area (Å²) in [5.74, 6) is -12.1. The standard InChI is InChI=1S/C32H57N11O17/c1-14(36-29(57)19(10-46)41-27(55)16(7-23(50)51)38-28(56)18(9-45)35-2)25(53)40-20(11-47)31(59)43-22(13-49)32(60)42-21(12-48)30(58)37-15(5-3-4-6-33)26(54)39-17(8-44)24(34)52/h14-22,35,44-49H,3-13,33H2,1-2H3,(H2,34,52)(H,36,57)(H,37,58)(H,38,56)(H,39,54)(H,40,53)(H,41,55)(H,42,60)(H,43,59)(H,50,51)/t14-,15-,16-,17?,18?,19?,20?,21?,22-/m0/s1. The number of nitrogens with two attached hydrogens (primary N) is 1. The molecule has 0 fully saturated rings. The van der Waals surface area contributed by atoms with E-state index < -0.39 is 160 Å². The molecule has 9 atom stereocenters. The number of likely N-dealkylation sites (N-methyl/N-ethyl adjacent to an activating group) is 1. The van der Waals surface area contributed by atoms with Gasteiger partial charge in [0.25, 0.3) is 0 Å². The van der Waals surface area contributed by atoms with Crippen molar-refractivity contribution in [3.05, 3.63) is 0 Å². The second-order valence-electron chi connectivity index (χ2n) is 12.9. The summed E-state index contributed by atoms with van der Waals surface area (Å²) in [6.07, 6.45) is -0.202. The van der Waals surface area contributed by atoms with Gasteiger partial charge in [0.2, 0.25) is 53.2 Å². The fourth-order valence-corrected chi connectivity index (χ4v) is 4.77. The predicted octanol–water partition coefficient (Wildman–Crippen LogP) is -13.5. The van der Waals surface area contributed by atoms with Crippen LogP contribution in [0.2, 0.25) is 0 Å². The molecule has 0 aromatic carbocycles. The van der Waals surface area contributed by atoms with E-state index in [2.05, 4.69) is 37.6 Å². The zero-order chi connectivity index (χ0) is 46.1. The molecule has 0 bridgehead atoms. The lowest BCUT2D eigenvalue weighted by molar-refractivity contribution is -0.368.